The van der Waals surface area contributed by atoms with Crippen LogP contribution in [0.1, 0.15) is 11.1 Å². The van der Waals surface area contributed by atoms with Gasteiger partial charge in [-0.1, -0.05) is 35.3 Å². The summed E-state index contributed by atoms with van der Waals surface area (Å²) in [6.45, 7) is 0. The first-order valence-corrected chi connectivity index (χ1v) is 5.94. The zero-order chi connectivity index (χ0) is 13.0. The molecule has 88 valence electrons. The molecule has 2 aromatic rings. The van der Waals surface area contributed by atoms with Gasteiger partial charge in [0.05, 0.1) is 11.6 Å². The molecule has 0 spiro atoms. The number of halogens is 2. The molecule has 4 heteroatoms. The van der Waals surface area contributed by atoms with Crippen molar-refractivity contribution in [3.8, 4) is 6.07 Å². The number of aromatic nitrogens is 1. The fraction of sp³-hybridized carbons (Fsp3) is 0. The van der Waals surface area contributed by atoms with Crippen molar-refractivity contribution in [1.29, 1.82) is 5.26 Å². The van der Waals surface area contributed by atoms with Gasteiger partial charge >= 0.3 is 0 Å². The Morgan fingerprint density at radius 1 is 1.22 bits per heavy atom. The molecule has 0 aliphatic heterocycles. The first kappa shape index (κ1) is 12.6. The van der Waals surface area contributed by atoms with E-state index in [4.69, 9.17) is 28.5 Å². The van der Waals surface area contributed by atoms with Crippen molar-refractivity contribution in [3.63, 3.8) is 0 Å². The van der Waals surface area contributed by atoms with Gasteiger partial charge in [0, 0.05) is 16.8 Å². The number of benzene rings is 1. The lowest BCUT2D eigenvalue weighted by Crippen LogP contribution is -1.84. The predicted octanol–water partition coefficient (Wildman–Crippen LogP) is 4.45. The van der Waals surface area contributed by atoms with Crippen LogP contribution in [0.5, 0.6) is 0 Å². The third kappa shape index (κ3) is 3.10. The molecule has 0 saturated heterocycles. The van der Waals surface area contributed by atoms with Crippen molar-refractivity contribution in [2.45, 2.75) is 0 Å². The van der Waals surface area contributed by atoms with E-state index in [1.54, 1.807) is 36.5 Å². The molecule has 0 radical (unpaired) electrons. The van der Waals surface area contributed by atoms with Gasteiger partial charge in [-0.05, 0) is 35.9 Å². The largest absolute Gasteiger partial charge is 0.244 e. The first-order chi connectivity index (χ1) is 8.69. The molecular formula is C14H8Cl2N2. The summed E-state index contributed by atoms with van der Waals surface area (Å²) in [4.78, 5) is 3.95. The summed E-state index contributed by atoms with van der Waals surface area (Å²) in [5, 5.41) is 10.2. The Hall–Kier alpha value is -1.82. The van der Waals surface area contributed by atoms with Crippen molar-refractivity contribution in [1.82, 2.24) is 4.98 Å². The first-order valence-electron chi connectivity index (χ1n) is 5.18. The molecule has 2 rings (SSSR count). The van der Waals surface area contributed by atoms with Crippen LogP contribution in [0, 0.1) is 11.3 Å². The Balaban J connectivity index is 2.40. The minimum Gasteiger partial charge on any atom is -0.244 e. The maximum Gasteiger partial charge on any atom is 0.129 e. The van der Waals surface area contributed by atoms with Gasteiger partial charge in [-0.15, -0.1) is 0 Å². The lowest BCUT2D eigenvalue weighted by Gasteiger charge is -2.00. The summed E-state index contributed by atoms with van der Waals surface area (Å²) >= 11 is 11.6. The van der Waals surface area contributed by atoms with Crippen LogP contribution in [0.15, 0.2) is 42.6 Å². The number of nitrogens with zero attached hydrogens (tertiary/aromatic N) is 2. The molecule has 0 N–H and O–H groups in total. The maximum atomic E-state index is 9.17. The summed E-state index contributed by atoms with van der Waals surface area (Å²) in [5.41, 5.74) is 2.11. The van der Waals surface area contributed by atoms with Gasteiger partial charge in [0.25, 0.3) is 0 Å². The molecule has 0 fully saturated rings. The fourth-order valence-corrected chi connectivity index (χ4v) is 1.79. The maximum absolute atomic E-state index is 9.17. The lowest BCUT2D eigenvalue weighted by molar-refractivity contribution is 1.31. The standard InChI is InChI=1S/C14H8Cl2N2/c15-13-3-1-2-10(7-13)6-12(8-17)11-4-5-14(16)18-9-11/h1-7,9H. The number of rotatable bonds is 2. The van der Waals surface area contributed by atoms with E-state index in [1.165, 1.54) is 0 Å². The van der Waals surface area contributed by atoms with Crippen molar-refractivity contribution in [3.05, 3.63) is 63.9 Å². The molecule has 1 aromatic carbocycles. The summed E-state index contributed by atoms with van der Waals surface area (Å²) in [7, 11) is 0. The summed E-state index contributed by atoms with van der Waals surface area (Å²) < 4.78 is 0. The molecule has 0 aliphatic carbocycles. The van der Waals surface area contributed by atoms with Gasteiger partial charge in [0.1, 0.15) is 5.15 Å². The highest BCUT2D eigenvalue weighted by Gasteiger charge is 2.02. The highest BCUT2D eigenvalue weighted by Crippen LogP contribution is 2.20. The Labute approximate surface area is 115 Å². The molecule has 0 amide bonds. The van der Waals surface area contributed by atoms with Crippen LogP contribution >= 0.6 is 23.2 Å². The highest BCUT2D eigenvalue weighted by atomic mass is 35.5. The van der Waals surface area contributed by atoms with E-state index < -0.39 is 0 Å². The fourth-order valence-electron chi connectivity index (χ4n) is 1.48. The monoisotopic (exact) mass is 274 g/mol. The molecule has 18 heavy (non-hydrogen) atoms. The number of nitriles is 1. The van der Waals surface area contributed by atoms with Crippen LogP contribution < -0.4 is 0 Å². The average Bonchev–Trinajstić information content (AvgIpc) is 2.37. The SMILES string of the molecule is N#CC(=Cc1cccc(Cl)c1)c1ccc(Cl)nc1. The van der Waals surface area contributed by atoms with Crippen molar-refractivity contribution < 1.29 is 0 Å². The van der Waals surface area contributed by atoms with Crippen LogP contribution in [0.4, 0.5) is 0 Å². The van der Waals surface area contributed by atoms with E-state index in [0.717, 1.165) is 11.1 Å². The highest BCUT2D eigenvalue weighted by molar-refractivity contribution is 6.30. The topological polar surface area (TPSA) is 36.7 Å². The molecule has 2 nitrogen and oxygen atoms in total. The normalized spacial score (nSPS) is 11.1. The Morgan fingerprint density at radius 2 is 2.06 bits per heavy atom. The Bertz CT molecular complexity index is 625. The van der Waals surface area contributed by atoms with Crippen LogP contribution in [0.3, 0.4) is 0 Å². The van der Waals surface area contributed by atoms with Crippen molar-refractivity contribution >= 4 is 34.9 Å². The van der Waals surface area contributed by atoms with Crippen LogP contribution in [0.25, 0.3) is 11.6 Å². The zero-order valence-corrected chi connectivity index (χ0v) is 10.8. The Kier molecular flexibility index (Phi) is 3.99. The number of hydrogen-bond acceptors (Lipinski definition) is 2. The summed E-state index contributed by atoms with van der Waals surface area (Å²) in [6.07, 6.45) is 3.33. The van der Waals surface area contributed by atoms with E-state index in [-0.39, 0.29) is 0 Å². The molecule has 0 unspecified atom stereocenters. The van der Waals surface area contributed by atoms with E-state index in [0.29, 0.717) is 15.7 Å². The van der Waals surface area contributed by atoms with Crippen LogP contribution in [0.2, 0.25) is 10.2 Å². The molecule has 0 bridgehead atoms. The minimum absolute atomic E-state index is 0.402. The number of pyridine rings is 1. The second kappa shape index (κ2) is 5.68. The summed E-state index contributed by atoms with van der Waals surface area (Å²) in [5.74, 6) is 0. The van der Waals surface area contributed by atoms with Gasteiger partial charge in [0.2, 0.25) is 0 Å². The van der Waals surface area contributed by atoms with E-state index in [1.807, 2.05) is 12.1 Å². The van der Waals surface area contributed by atoms with Gasteiger partial charge in [-0.25, -0.2) is 4.98 Å². The second-order valence-electron chi connectivity index (χ2n) is 3.59. The second-order valence-corrected chi connectivity index (χ2v) is 4.42. The van der Waals surface area contributed by atoms with Crippen molar-refractivity contribution in [2.75, 3.05) is 0 Å². The molecule has 1 aromatic heterocycles. The quantitative estimate of drug-likeness (QED) is 0.599. The Morgan fingerprint density at radius 3 is 2.67 bits per heavy atom. The number of hydrogen-bond donors (Lipinski definition) is 0. The predicted molar refractivity (Wildman–Crippen MR) is 74.2 cm³/mol. The minimum atomic E-state index is 0.402. The molecule has 1 heterocycles. The molecule has 0 atom stereocenters. The van der Waals surface area contributed by atoms with Crippen molar-refractivity contribution in [2.24, 2.45) is 0 Å². The lowest BCUT2D eigenvalue weighted by atomic mass is 10.1. The zero-order valence-electron chi connectivity index (χ0n) is 9.27. The molecule has 0 aliphatic rings. The average molecular weight is 275 g/mol. The smallest absolute Gasteiger partial charge is 0.129 e. The van der Waals surface area contributed by atoms with E-state index >= 15 is 0 Å². The van der Waals surface area contributed by atoms with E-state index in [9.17, 15) is 0 Å². The third-order valence-corrected chi connectivity index (χ3v) is 2.78. The van der Waals surface area contributed by atoms with Gasteiger partial charge < -0.3 is 0 Å². The van der Waals surface area contributed by atoms with Crippen LogP contribution in [-0.2, 0) is 0 Å². The van der Waals surface area contributed by atoms with Gasteiger partial charge in [0.15, 0.2) is 0 Å². The molecule has 0 saturated carbocycles. The number of allylic oxidation sites excluding steroid dienone is 1. The summed E-state index contributed by atoms with van der Waals surface area (Å²) in [6, 6.07) is 12.9. The van der Waals surface area contributed by atoms with Crippen LogP contribution in [-0.4, -0.2) is 4.98 Å². The van der Waals surface area contributed by atoms with Gasteiger partial charge in [-0.2, -0.15) is 5.26 Å². The van der Waals surface area contributed by atoms with Gasteiger partial charge in [-0.3, -0.25) is 0 Å². The van der Waals surface area contributed by atoms with E-state index in [2.05, 4.69) is 11.1 Å². The third-order valence-electron chi connectivity index (χ3n) is 2.32. The molecular weight excluding hydrogens is 267 g/mol.